The maximum atomic E-state index is 12.3. The number of aromatic nitrogens is 1. The van der Waals surface area contributed by atoms with Crippen molar-refractivity contribution in [2.45, 2.75) is 18.1 Å². The Balaban J connectivity index is 1.55. The fraction of sp³-hybridized carbons (Fsp3) is 0.111. The van der Waals surface area contributed by atoms with Gasteiger partial charge in [0.25, 0.3) is 5.91 Å². The van der Waals surface area contributed by atoms with Crippen LogP contribution in [0.4, 0.5) is 19.6 Å². The molecule has 12 heteroatoms. The monoisotopic (exact) mass is 454 g/mol. The summed E-state index contributed by atoms with van der Waals surface area (Å²) in [6.07, 6.45) is 0. The molecule has 0 saturated heterocycles. The Morgan fingerprint density at radius 2 is 1.80 bits per heavy atom. The number of thiazole rings is 1. The number of anilines is 2. The van der Waals surface area contributed by atoms with Gasteiger partial charge >= 0.3 is 6.61 Å². The molecule has 30 heavy (non-hydrogen) atoms. The number of hydrogen-bond donors (Lipinski definition) is 3. The van der Waals surface area contributed by atoms with E-state index < -0.39 is 22.5 Å². The number of alkyl halides is 2. The number of amides is 1. The van der Waals surface area contributed by atoms with Crippen LogP contribution >= 0.6 is 11.3 Å². The Morgan fingerprint density at radius 1 is 1.13 bits per heavy atom. The summed E-state index contributed by atoms with van der Waals surface area (Å²) >= 11 is 1.20. The summed E-state index contributed by atoms with van der Waals surface area (Å²) in [6, 6.07) is 11.7. The van der Waals surface area contributed by atoms with Crippen molar-refractivity contribution in [1.82, 2.24) is 10.3 Å². The molecule has 1 amide bonds. The van der Waals surface area contributed by atoms with Crippen LogP contribution in [0.2, 0.25) is 0 Å². The molecule has 0 fully saturated rings. The Labute approximate surface area is 174 Å². The number of rotatable bonds is 8. The van der Waals surface area contributed by atoms with Crippen LogP contribution in [0.5, 0.6) is 5.75 Å². The molecule has 3 aromatic rings. The van der Waals surface area contributed by atoms with Gasteiger partial charge in [0, 0.05) is 17.6 Å². The maximum Gasteiger partial charge on any atom is 0.387 e. The van der Waals surface area contributed by atoms with Gasteiger partial charge in [-0.15, -0.1) is 11.3 Å². The smallest absolute Gasteiger partial charge is 0.387 e. The zero-order chi connectivity index (χ0) is 21.7. The summed E-state index contributed by atoms with van der Waals surface area (Å²) in [7, 11) is -3.77. The number of carbonyl (C=O) groups excluding carboxylic acids is 1. The zero-order valence-corrected chi connectivity index (χ0v) is 16.8. The molecule has 1 heterocycles. The lowest BCUT2D eigenvalue weighted by Gasteiger charge is -2.06. The zero-order valence-electron chi connectivity index (χ0n) is 15.2. The first kappa shape index (κ1) is 21.6. The molecule has 0 bridgehead atoms. The van der Waals surface area contributed by atoms with Gasteiger partial charge in [-0.3, -0.25) is 4.79 Å². The highest BCUT2D eigenvalue weighted by Crippen LogP contribution is 2.23. The van der Waals surface area contributed by atoms with E-state index in [1.54, 1.807) is 29.6 Å². The van der Waals surface area contributed by atoms with Gasteiger partial charge in [-0.2, -0.15) is 8.78 Å². The first-order valence-electron chi connectivity index (χ1n) is 8.38. The number of sulfonamides is 1. The molecule has 8 nitrogen and oxygen atoms in total. The van der Waals surface area contributed by atoms with Gasteiger partial charge in [0.05, 0.1) is 4.90 Å². The third-order valence-corrected chi connectivity index (χ3v) is 5.46. The summed E-state index contributed by atoms with van der Waals surface area (Å²) in [5.74, 6) is -0.373. The minimum absolute atomic E-state index is 0.0124. The van der Waals surface area contributed by atoms with E-state index in [1.165, 1.54) is 35.6 Å². The number of benzene rings is 2. The van der Waals surface area contributed by atoms with E-state index in [9.17, 15) is 22.0 Å². The standard InChI is InChI=1S/C18H16F2N4O4S2/c19-17(20)28-13-5-3-12(4-6-13)23-18-24-15(10-29-18)16(25)22-9-11-1-7-14(8-2-11)30(21,26)27/h1-8,10,17H,9H2,(H,22,25)(H,23,24)(H2,21,26,27). The highest BCUT2D eigenvalue weighted by Gasteiger charge is 2.12. The molecule has 2 aromatic carbocycles. The highest BCUT2D eigenvalue weighted by atomic mass is 32.2. The third-order valence-electron chi connectivity index (χ3n) is 3.77. The largest absolute Gasteiger partial charge is 0.435 e. The minimum atomic E-state index is -3.77. The molecular formula is C18H16F2N4O4S2. The normalized spacial score (nSPS) is 11.3. The van der Waals surface area contributed by atoms with Crippen molar-refractivity contribution >= 4 is 38.1 Å². The van der Waals surface area contributed by atoms with E-state index in [0.29, 0.717) is 16.4 Å². The molecule has 1 aromatic heterocycles. The Morgan fingerprint density at radius 3 is 2.40 bits per heavy atom. The lowest BCUT2D eigenvalue weighted by Crippen LogP contribution is -2.23. The van der Waals surface area contributed by atoms with E-state index in [4.69, 9.17) is 5.14 Å². The predicted octanol–water partition coefficient (Wildman–Crippen LogP) is 3.07. The first-order valence-corrected chi connectivity index (χ1v) is 10.8. The van der Waals surface area contributed by atoms with Gasteiger partial charge in [-0.1, -0.05) is 12.1 Å². The second-order valence-electron chi connectivity index (χ2n) is 5.94. The number of primary sulfonamides is 1. The van der Waals surface area contributed by atoms with Crippen molar-refractivity contribution in [1.29, 1.82) is 0 Å². The quantitative estimate of drug-likeness (QED) is 0.481. The number of ether oxygens (including phenoxy) is 1. The molecule has 158 valence electrons. The topological polar surface area (TPSA) is 123 Å². The number of hydrogen-bond acceptors (Lipinski definition) is 7. The van der Waals surface area contributed by atoms with E-state index in [0.717, 1.165) is 0 Å². The third kappa shape index (κ3) is 5.95. The van der Waals surface area contributed by atoms with Gasteiger partial charge in [0.2, 0.25) is 10.0 Å². The lowest BCUT2D eigenvalue weighted by molar-refractivity contribution is -0.0498. The second kappa shape index (κ2) is 9.15. The summed E-state index contributed by atoms with van der Waals surface area (Å²) in [5, 5.41) is 12.7. The fourth-order valence-electron chi connectivity index (χ4n) is 2.35. The summed E-state index contributed by atoms with van der Waals surface area (Å²) in [4.78, 5) is 16.4. The predicted molar refractivity (Wildman–Crippen MR) is 107 cm³/mol. The SMILES string of the molecule is NS(=O)(=O)c1ccc(CNC(=O)c2csc(Nc3ccc(OC(F)F)cc3)n2)cc1. The Kier molecular flexibility index (Phi) is 6.59. The van der Waals surface area contributed by atoms with Crippen LogP contribution in [0, 0.1) is 0 Å². The Bertz CT molecular complexity index is 1120. The molecule has 0 spiro atoms. The van der Waals surface area contributed by atoms with E-state index >= 15 is 0 Å². The average molecular weight is 454 g/mol. The molecular weight excluding hydrogens is 438 g/mol. The number of nitrogens with two attached hydrogens (primary N) is 1. The molecule has 0 aliphatic heterocycles. The van der Waals surface area contributed by atoms with Crippen LogP contribution in [0.1, 0.15) is 16.1 Å². The van der Waals surface area contributed by atoms with Crippen LogP contribution in [-0.4, -0.2) is 25.9 Å². The van der Waals surface area contributed by atoms with Crippen LogP contribution in [0.3, 0.4) is 0 Å². The van der Waals surface area contributed by atoms with Crippen molar-refractivity contribution in [2.75, 3.05) is 5.32 Å². The molecule has 0 atom stereocenters. The van der Waals surface area contributed by atoms with E-state index in [-0.39, 0.29) is 22.9 Å². The average Bonchev–Trinajstić information content (AvgIpc) is 3.15. The molecule has 4 N–H and O–H groups in total. The van der Waals surface area contributed by atoms with Crippen LogP contribution in [0.15, 0.2) is 58.8 Å². The highest BCUT2D eigenvalue weighted by molar-refractivity contribution is 7.89. The molecule has 3 rings (SSSR count). The summed E-state index contributed by atoms with van der Waals surface area (Å²) in [5.41, 5.74) is 1.48. The summed E-state index contributed by atoms with van der Waals surface area (Å²) in [6.45, 7) is -2.72. The van der Waals surface area contributed by atoms with Crippen LogP contribution < -0.4 is 20.5 Å². The Hall–Kier alpha value is -3.09. The number of nitrogens with zero attached hydrogens (tertiary/aromatic N) is 1. The van der Waals surface area contributed by atoms with Gasteiger partial charge in [0.1, 0.15) is 11.4 Å². The fourth-order valence-corrected chi connectivity index (χ4v) is 3.57. The second-order valence-corrected chi connectivity index (χ2v) is 8.36. The number of carbonyl (C=O) groups is 1. The summed E-state index contributed by atoms with van der Waals surface area (Å²) < 4.78 is 51.1. The van der Waals surface area contributed by atoms with Crippen molar-refractivity contribution in [3.8, 4) is 5.75 Å². The van der Waals surface area contributed by atoms with E-state index in [2.05, 4.69) is 20.4 Å². The molecule has 0 aliphatic carbocycles. The van der Waals surface area contributed by atoms with Crippen molar-refractivity contribution in [3.63, 3.8) is 0 Å². The van der Waals surface area contributed by atoms with Gasteiger partial charge in [0.15, 0.2) is 5.13 Å². The van der Waals surface area contributed by atoms with Crippen molar-refractivity contribution in [2.24, 2.45) is 5.14 Å². The van der Waals surface area contributed by atoms with E-state index in [1.807, 2.05) is 0 Å². The number of halogens is 2. The number of nitrogens with one attached hydrogen (secondary N) is 2. The van der Waals surface area contributed by atoms with Crippen molar-refractivity contribution < 1.29 is 26.7 Å². The molecule has 0 unspecified atom stereocenters. The first-order chi connectivity index (χ1) is 14.2. The van der Waals surface area contributed by atoms with Gasteiger partial charge in [-0.25, -0.2) is 18.5 Å². The van der Waals surface area contributed by atoms with Crippen molar-refractivity contribution in [3.05, 3.63) is 65.2 Å². The van der Waals surface area contributed by atoms with Crippen LogP contribution in [0.25, 0.3) is 0 Å². The maximum absolute atomic E-state index is 12.3. The van der Waals surface area contributed by atoms with Gasteiger partial charge in [-0.05, 0) is 42.0 Å². The lowest BCUT2D eigenvalue weighted by atomic mass is 10.2. The molecule has 0 aliphatic rings. The molecule has 0 radical (unpaired) electrons. The minimum Gasteiger partial charge on any atom is -0.435 e. The molecule has 0 saturated carbocycles. The van der Waals surface area contributed by atoms with Gasteiger partial charge < -0.3 is 15.4 Å². The van der Waals surface area contributed by atoms with Crippen LogP contribution in [-0.2, 0) is 16.6 Å².